The Hall–Kier alpha value is 17.9. The first-order valence-electron chi connectivity index (χ1n) is 20.4. The third-order valence-corrected chi connectivity index (χ3v) is 196. The molecule has 0 aliphatic rings. The Bertz CT molecular complexity index is 7490. The van der Waals surface area contributed by atoms with E-state index in [9.17, 15) is 14.0 Å². The van der Waals surface area contributed by atoms with Crippen molar-refractivity contribution in [2.45, 2.75) is 34.1 Å². The Morgan fingerprint density at radius 1 is 0.280 bits per heavy atom. The van der Waals surface area contributed by atoms with Gasteiger partial charge in [0.2, 0.25) is 5.91 Å². The van der Waals surface area contributed by atoms with Crippen molar-refractivity contribution in [2.24, 2.45) is 5.41 Å². The molecule has 1 rings (SSSR count). The number of carbonyl (C=O) groups is 2. The molecule has 93 heteroatoms. The molecule has 0 spiro atoms. The summed E-state index contributed by atoms with van der Waals surface area (Å²) < 4.78 is 13.3. The first kappa shape index (κ1) is 125. The number of amides is 1. The SMILES string of the molecule is Cc1cc(NC(=O)CC(C)(C)C)c(C=O)cc1F.S=S=S=S=S=S=S=S=S=S=S=S=S=S=S=S=S=S=S=S=S=S=S=S=S=S=S=S=S=S=S=S=S=S=S=S=S=S=S=S=S=S=S=S=S=S=S=S=S=S=S=S=S=S=S=S=S=S=S=S=S=S=S=S=S=S=S=S=S=S=S=S=S=S=S=S=S=S=S=S=S=S=S=S=S=S=S=S=S. The molecular formula is C14H18FNO2S89. The van der Waals surface area contributed by atoms with E-state index in [2.05, 4.69) is 5.32 Å². The van der Waals surface area contributed by atoms with Crippen LogP contribution in [0.15, 0.2) is 12.1 Å². The maximum absolute atomic E-state index is 13.3. The van der Waals surface area contributed by atoms with Crippen LogP contribution in [0.1, 0.15) is 43.1 Å². The zero-order chi connectivity index (χ0) is 77.4. The minimum Gasteiger partial charge on any atom is -0.325 e. The van der Waals surface area contributed by atoms with Crippen LogP contribution in [0.2, 0.25) is 0 Å². The maximum Gasteiger partial charge on any atom is 0.224 e. The molecule has 1 aromatic rings. The van der Waals surface area contributed by atoms with Crippen LogP contribution in [0, 0.1) is 18.2 Å². The fourth-order valence-electron chi connectivity index (χ4n) is 2.54. The molecule has 1 amide bonds. The molecule has 0 radical (unpaired) electrons. The summed E-state index contributed by atoms with van der Waals surface area (Å²) in [6.07, 6.45) is 0.872. The standard InChI is InChI=1S/C14H18FNO2.S89/c1-9-5-12(10(8-17)6-11(9)15)16-13(18)7-14(2,3)4;1-3-5-7-9-11-13-15-17-19-21-23-25-27-29-31-33-35-37-39-41-43-45-47-49-51-53-55-57-59-61-63-65-67-69-71-73-75-77-79-81-83-85-87-89-88-86-84-82-80-78-76-74-72-70-68-66-64-62-60-58-56-54-52-50-48-46-44-42-40-38-36-34-32-30-28-26-24-22-20-18-16-14-12-10-8-6-4-2/h5-6,8H,7H2,1-4H3,(H,16,18);. The number of hydrogen-bond donors (Lipinski definition) is 1. The number of hydrogen-bond acceptors (Lipinski definition) is 4. The number of rotatable bonds is 3. The van der Waals surface area contributed by atoms with Gasteiger partial charge in [0.15, 0.2) is 6.29 Å². The molecule has 0 aromatic heterocycles. The van der Waals surface area contributed by atoms with Crippen LogP contribution in [-0.2, 0) is 800 Å². The van der Waals surface area contributed by atoms with Gasteiger partial charge in [-0.1, -0.05) is 20.8 Å². The van der Waals surface area contributed by atoms with Gasteiger partial charge in [-0.25, -0.2) is 4.39 Å². The highest BCUT2D eigenvalue weighted by molar-refractivity contribution is 8.86. The molecule has 0 aliphatic carbocycles. The number of nitrogens with one attached hydrogen (secondary N) is 1. The van der Waals surface area contributed by atoms with Crippen LogP contribution < -0.4 is 5.32 Å². The third-order valence-electron chi connectivity index (χ3n) is 4.81. The molecule has 1 N–H and O–H groups in total. The van der Waals surface area contributed by atoms with E-state index in [1.165, 1.54) is 23.8 Å². The Morgan fingerprint density at radius 2 is 0.411 bits per heavy atom. The second-order valence-corrected chi connectivity index (χ2v) is 165. The number of aldehydes is 1. The van der Waals surface area contributed by atoms with Crippen LogP contribution in [0.3, 0.4) is 0 Å². The average Bonchev–Trinajstić information content (AvgIpc) is 0.842. The zero-order valence-corrected chi connectivity index (χ0v) is 120. The summed E-state index contributed by atoms with van der Waals surface area (Å²) in [5.41, 5.74) is 0.769. The zero-order valence-electron chi connectivity index (χ0n) is 47.5. The smallest absolute Gasteiger partial charge is 0.224 e. The van der Waals surface area contributed by atoms with Gasteiger partial charge in [-0.3, -0.25) is 9.59 Å². The molecule has 3 nitrogen and oxygen atoms in total. The lowest BCUT2D eigenvalue weighted by atomic mass is 9.92. The van der Waals surface area contributed by atoms with Crippen molar-refractivity contribution in [3.63, 3.8) is 0 Å². The molecule has 0 unspecified atom stereocenters. The van der Waals surface area contributed by atoms with Gasteiger partial charge in [-0.05, 0) is 30.0 Å². The number of aryl methyl sites for hydroxylation is 1. The first-order valence-corrected chi connectivity index (χ1v) is 138. The van der Waals surface area contributed by atoms with Crippen molar-refractivity contribution in [2.75, 3.05) is 5.32 Å². The van der Waals surface area contributed by atoms with Crippen molar-refractivity contribution < 1.29 is 14.0 Å². The second kappa shape index (κ2) is 109. The largest absolute Gasteiger partial charge is 0.325 e. The van der Waals surface area contributed by atoms with E-state index >= 15 is 0 Å². The van der Waals surface area contributed by atoms with Gasteiger partial charge in [0.25, 0.3) is 0 Å². The fourth-order valence-corrected chi connectivity index (χ4v) is 236. The maximum atomic E-state index is 13.3. The van der Waals surface area contributed by atoms with Gasteiger partial charge in [-0.15, -0.1) is 0 Å². The Kier molecular flexibility index (Phi) is 127. The van der Waals surface area contributed by atoms with Crippen LogP contribution in [-0.4, -0.2) is 12.2 Å². The van der Waals surface area contributed by atoms with Gasteiger partial charge < -0.3 is 5.32 Å². The summed E-state index contributed by atoms with van der Waals surface area (Å²) in [6, 6.07) is 2.61. The van der Waals surface area contributed by atoms with Crippen molar-refractivity contribution in [3.05, 3.63) is 29.1 Å². The lowest BCUT2D eigenvalue weighted by Crippen LogP contribution is -2.20. The highest BCUT2D eigenvalue weighted by atomic mass is 33.6. The first-order chi connectivity index (χ1) is 52.6. The molecule has 0 saturated carbocycles. The van der Waals surface area contributed by atoms with E-state index in [0.717, 1.165) is 6.07 Å². The monoisotopic (exact) mass is 3100 g/mol. The van der Waals surface area contributed by atoms with E-state index < -0.39 is 5.82 Å². The Balaban J connectivity index is 0.00000540. The molecule has 0 fully saturated rings. The topological polar surface area (TPSA) is 46.2 Å². The third kappa shape index (κ3) is 107. The Morgan fingerprint density at radius 3 is 0.523 bits per heavy atom. The summed E-state index contributed by atoms with van der Waals surface area (Å²) in [4.78, 5) is 22.6. The van der Waals surface area contributed by atoms with E-state index in [0.29, 0.717) is 24.0 Å². The summed E-state index contributed by atoms with van der Waals surface area (Å²) >= 11 is 9.66. The molecule has 632 valence electrons. The minimum absolute atomic E-state index is 0.138. The Labute approximate surface area is 874 Å². The molecule has 0 saturated heterocycles. The van der Waals surface area contributed by atoms with Crippen LogP contribution in [0.25, 0.3) is 0 Å². The summed E-state index contributed by atoms with van der Waals surface area (Å²) in [7, 11) is 157. The van der Waals surface area contributed by atoms with E-state index in [1.54, 1.807) is 113 Å². The van der Waals surface area contributed by atoms with Crippen LogP contribution >= 0.6 is 0 Å². The highest BCUT2D eigenvalue weighted by Crippen LogP contribution is 2.22. The van der Waals surface area contributed by atoms with Crippen molar-refractivity contribution in [3.8, 4) is 0 Å². The summed E-state index contributed by atoms with van der Waals surface area (Å²) in [5, 5.41) is 2.65. The van der Waals surface area contributed by atoms with Gasteiger partial charge in [0.05, 0.1) is 5.69 Å². The molecule has 0 atom stereocenters. The summed E-state index contributed by atoms with van der Waals surface area (Å²) in [6.45, 7) is 7.43. The molecule has 0 heterocycles. The van der Waals surface area contributed by atoms with Crippen LogP contribution in [0.4, 0.5) is 10.1 Å². The fraction of sp³-hybridized carbons (Fsp3) is 0.429. The van der Waals surface area contributed by atoms with Gasteiger partial charge >= 0.3 is 0 Å². The normalized spacial score (nSPS) is 8.42. The number of halogens is 1. The van der Waals surface area contributed by atoms with Gasteiger partial charge in [0.1, 0.15) is 5.82 Å². The number of carbonyl (C=O) groups excluding carboxylic acids is 2. The lowest BCUT2D eigenvalue weighted by molar-refractivity contribution is -0.117. The second-order valence-electron chi connectivity index (χ2n) is 11.5. The van der Waals surface area contributed by atoms with Gasteiger partial charge in [0, 0.05) is 807 Å². The van der Waals surface area contributed by atoms with E-state index in [-0.39, 0.29) is 16.9 Å². The number of anilines is 1. The van der Waals surface area contributed by atoms with Crippen molar-refractivity contribution in [1.82, 2.24) is 0 Å². The van der Waals surface area contributed by atoms with Crippen molar-refractivity contribution >= 4 is 813 Å². The molecule has 0 bridgehead atoms. The predicted octanol–water partition coefficient (Wildman–Crippen LogP) is 3.11. The summed E-state index contributed by atoms with van der Waals surface area (Å²) in [5.74, 6) is -0.637. The molecule has 0 aliphatic heterocycles. The van der Waals surface area contributed by atoms with E-state index in [1.807, 2.05) is 669 Å². The van der Waals surface area contributed by atoms with E-state index in [4.69, 9.17) is 22.4 Å². The van der Waals surface area contributed by atoms with Gasteiger partial charge in [-0.2, -0.15) is 0 Å². The molecule has 107 heavy (non-hydrogen) atoms. The molecule has 1 aromatic carbocycles. The average molecular weight is 3110 g/mol. The quantitative estimate of drug-likeness (QED) is 0.474. The van der Waals surface area contributed by atoms with Crippen LogP contribution in [0.5, 0.6) is 0 Å². The predicted molar refractivity (Wildman–Crippen MR) is 725 cm³/mol. The number of benzene rings is 1. The van der Waals surface area contributed by atoms with Crippen molar-refractivity contribution in [1.29, 1.82) is 0 Å². The molecular weight excluding hydrogens is 3090 g/mol. The lowest BCUT2D eigenvalue weighted by Gasteiger charge is -2.18. The highest BCUT2D eigenvalue weighted by Gasteiger charge is 2.17. The minimum atomic E-state index is -0.453.